The Morgan fingerprint density at radius 1 is 0.800 bits per heavy atom. The van der Waals surface area contributed by atoms with Crippen molar-refractivity contribution in [2.45, 2.75) is 10.1 Å². The van der Waals surface area contributed by atoms with Gasteiger partial charge in [-0.05, 0) is 66.3 Å². The molecule has 0 aliphatic carbocycles. The molecular formula is C30H22Cl2N4OS3. The highest BCUT2D eigenvalue weighted by Gasteiger charge is 2.23. The first kappa shape index (κ1) is 28.1. The van der Waals surface area contributed by atoms with Crippen molar-refractivity contribution in [3.05, 3.63) is 124 Å². The number of carbonyl (C=O) groups is 1. The molecule has 0 saturated heterocycles. The van der Waals surface area contributed by atoms with Crippen LogP contribution in [0, 0.1) is 0 Å². The average Bonchev–Trinajstić information content (AvgIpc) is 3.43. The lowest BCUT2D eigenvalue weighted by Gasteiger charge is -2.17. The Bertz CT molecular complexity index is 1610. The van der Waals surface area contributed by atoms with E-state index in [0.29, 0.717) is 26.0 Å². The first-order valence-corrected chi connectivity index (χ1v) is 15.0. The molecule has 0 saturated carbocycles. The largest absolute Gasteiger partial charge is 0.332 e. The van der Waals surface area contributed by atoms with Gasteiger partial charge in [-0.2, -0.15) is 0 Å². The van der Waals surface area contributed by atoms with Crippen LogP contribution in [0.4, 0.5) is 16.5 Å². The van der Waals surface area contributed by atoms with Gasteiger partial charge in [-0.1, -0.05) is 77.8 Å². The van der Waals surface area contributed by atoms with E-state index in [1.807, 2.05) is 96.4 Å². The van der Waals surface area contributed by atoms with E-state index in [1.165, 1.54) is 23.1 Å². The molecule has 5 rings (SSSR count). The second-order valence-electron chi connectivity index (χ2n) is 8.53. The molecule has 5 aromatic rings. The lowest BCUT2D eigenvalue weighted by atomic mass is 10.1. The highest BCUT2D eigenvalue weighted by atomic mass is 35.5. The molecule has 1 amide bonds. The molecule has 200 valence electrons. The van der Waals surface area contributed by atoms with E-state index >= 15 is 0 Å². The molecule has 0 spiro atoms. The van der Waals surface area contributed by atoms with Crippen LogP contribution in [0.5, 0.6) is 0 Å². The van der Waals surface area contributed by atoms with Gasteiger partial charge in [0, 0.05) is 27.2 Å². The fourth-order valence-electron chi connectivity index (χ4n) is 3.76. The molecule has 4 aromatic carbocycles. The summed E-state index contributed by atoms with van der Waals surface area (Å²) in [5.41, 5.74) is 4.18. The summed E-state index contributed by atoms with van der Waals surface area (Å²) < 4.78 is 0. The van der Waals surface area contributed by atoms with Crippen molar-refractivity contribution in [1.29, 1.82) is 0 Å². The minimum absolute atomic E-state index is 0.165. The summed E-state index contributed by atoms with van der Waals surface area (Å²) in [4.78, 5) is 19.0. The molecule has 0 aliphatic heterocycles. The number of thiazole rings is 1. The van der Waals surface area contributed by atoms with Gasteiger partial charge in [0.15, 0.2) is 10.2 Å². The van der Waals surface area contributed by atoms with Crippen LogP contribution >= 0.6 is 58.5 Å². The SMILES string of the molecule is O=C(Nc1nc(-c2ccc(Cl)c(Cl)c2)cs1)C(Sc1ccc(NC(=S)Nc2ccccc2)cc1)c1ccccc1. The maximum absolute atomic E-state index is 13.5. The summed E-state index contributed by atoms with van der Waals surface area (Å²) in [5, 5.41) is 12.7. The second kappa shape index (κ2) is 13.3. The van der Waals surface area contributed by atoms with Gasteiger partial charge >= 0.3 is 0 Å². The van der Waals surface area contributed by atoms with Crippen molar-refractivity contribution in [2.24, 2.45) is 0 Å². The van der Waals surface area contributed by atoms with Gasteiger partial charge in [0.2, 0.25) is 5.91 Å². The number of thiocarbonyl (C=S) groups is 1. The number of nitrogens with zero attached hydrogens (tertiary/aromatic N) is 1. The third-order valence-corrected chi connectivity index (χ3v) is 8.66. The van der Waals surface area contributed by atoms with Crippen LogP contribution in [-0.2, 0) is 4.79 Å². The quantitative estimate of drug-likeness (QED) is 0.119. The van der Waals surface area contributed by atoms with Gasteiger partial charge in [0.05, 0.1) is 15.7 Å². The maximum Gasteiger partial charge on any atom is 0.244 e. The van der Waals surface area contributed by atoms with Crippen LogP contribution in [0.1, 0.15) is 10.8 Å². The molecule has 0 aliphatic rings. The normalized spacial score (nSPS) is 11.4. The Kier molecular flexibility index (Phi) is 9.36. The number of amides is 1. The fourth-order valence-corrected chi connectivity index (χ4v) is 6.04. The van der Waals surface area contributed by atoms with E-state index in [2.05, 4.69) is 20.9 Å². The monoisotopic (exact) mass is 620 g/mol. The highest BCUT2D eigenvalue weighted by molar-refractivity contribution is 8.00. The molecular weight excluding hydrogens is 599 g/mol. The predicted molar refractivity (Wildman–Crippen MR) is 174 cm³/mol. The Hall–Kier alpha value is -3.40. The Labute approximate surface area is 256 Å². The topological polar surface area (TPSA) is 66.0 Å². The standard InChI is InChI=1S/C30H22Cl2N4OS3/c31-24-16-11-20(17-25(24)32)26-18-39-30(35-26)36-28(37)27(19-7-3-1-4-8-19)40-23-14-12-22(13-15-23)34-29(38)33-21-9-5-2-6-10-21/h1-18,27H,(H2,33,34,38)(H,35,36,37). The number of rotatable bonds is 8. The highest BCUT2D eigenvalue weighted by Crippen LogP contribution is 2.37. The van der Waals surface area contributed by atoms with E-state index in [-0.39, 0.29) is 5.91 Å². The Morgan fingerprint density at radius 2 is 1.45 bits per heavy atom. The van der Waals surface area contributed by atoms with E-state index in [9.17, 15) is 4.79 Å². The van der Waals surface area contributed by atoms with Gasteiger partial charge in [0.1, 0.15) is 5.25 Å². The minimum Gasteiger partial charge on any atom is -0.332 e. The summed E-state index contributed by atoms with van der Waals surface area (Å²) in [6, 6.07) is 32.6. The van der Waals surface area contributed by atoms with Crippen LogP contribution in [0.25, 0.3) is 11.3 Å². The van der Waals surface area contributed by atoms with E-state index in [0.717, 1.165) is 27.4 Å². The van der Waals surface area contributed by atoms with Crippen molar-refractivity contribution in [2.75, 3.05) is 16.0 Å². The molecule has 1 atom stereocenters. The average molecular weight is 622 g/mol. The number of halogens is 2. The summed E-state index contributed by atoms with van der Waals surface area (Å²) in [5.74, 6) is -0.165. The van der Waals surface area contributed by atoms with Crippen molar-refractivity contribution in [3.63, 3.8) is 0 Å². The van der Waals surface area contributed by atoms with Crippen LogP contribution in [0.3, 0.4) is 0 Å². The van der Waals surface area contributed by atoms with Crippen molar-refractivity contribution >= 4 is 86.0 Å². The van der Waals surface area contributed by atoms with Gasteiger partial charge in [-0.15, -0.1) is 23.1 Å². The number of thioether (sulfide) groups is 1. The third-order valence-electron chi connectivity index (χ3n) is 5.69. The van der Waals surface area contributed by atoms with E-state index in [4.69, 9.17) is 35.4 Å². The molecule has 0 fully saturated rings. The molecule has 5 nitrogen and oxygen atoms in total. The number of anilines is 3. The van der Waals surface area contributed by atoms with E-state index in [1.54, 1.807) is 12.1 Å². The molecule has 1 unspecified atom stereocenters. The second-order valence-corrected chi connectivity index (χ2v) is 11.8. The number of benzene rings is 4. The zero-order chi connectivity index (χ0) is 27.9. The number of carbonyl (C=O) groups excluding carboxylic acids is 1. The maximum atomic E-state index is 13.5. The summed E-state index contributed by atoms with van der Waals surface area (Å²) in [6.07, 6.45) is 0. The number of hydrogen-bond donors (Lipinski definition) is 3. The molecule has 0 radical (unpaired) electrons. The number of hydrogen-bond acceptors (Lipinski definition) is 5. The molecule has 1 aromatic heterocycles. The molecule has 1 heterocycles. The predicted octanol–water partition coefficient (Wildman–Crippen LogP) is 9.40. The minimum atomic E-state index is -0.488. The van der Waals surface area contributed by atoms with Crippen LogP contribution in [0.15, 0.2) is 113 Å². The molecule has 3 N–H and O–H groups in total. The molecule has 0 bridgehead atoms. The zero-order valence-corrected chi connectivity index (χ0v) is 24.8. The van der Waals surface area contributed by atoms with Gasteiger partial charge in [0.25, 0.3) is 0 Å². The number of aromatic nitrogens is 1. The first-order valence-electron chi connectivity index (χ1n) is 12.1. The summed E-state index contributed by atoms with van der Waals surface area (Å²) in [6.45, 7) is 0. The summed E-state index contributed by atoms with van der Waals surface area (Å²) in [7, 11) is 0. The number of nitrogens with one attached hydrogen (secondary N) is 3. The Morgan fingerprint density at radius 3 is 2.12 bits per heavy atom. The van der Waals surface area contributed by atoms with Crippen molar-refractivity contribution < 1.29 is 4.79 Å². The van der Waals surface area contributed by atoms with Gasteiger partial charge < -0.3 is 16.0 Å². The molecule has 40 heavy (non-hydrogen) atoms. The van der Waals surface area contributed by atoms with Crippen LogP contribution in [0.2, 0.25) is 10.0 Å². The van der Waals surface area contributed by atoms with Gasteiger partial charge in [-0.25, -0.2) is 4.98 Å². The first-order chi connectivity index (χ1) is 19.4. The summed E-state index contributed by atoms with van der Waals surface area (Å²) >= 11 is 20.5. The number of para-hydroxylation sites is 1. The van der Waals surface area contributed by atoms with Crippen LogP contribution < -0.4 is 16.0 Å². The smallest absolute Gasteiger partial charge is 0.244 e. The third kappa shape index (κ3) is 7.41. The zero-order valence-electron chi connectivity index (χ0n) is 20.8. The van der Waals surface area contributed by atoms with Crippen LogP contribution in [-0.4, -0.2) is 16.0 Å². The van der Waals surface area contributed by atoms with Crippen molar-refractivity contribution in [3.8, 4) is 11.3 Å². The lowest BCUT2D eigenvalue weighted by molar-refractivity contribution is -0.115. The van der Waals surface area contributed by atoms with E-state index < -0.39 is 5.25 Å². The lowest BCUT2D eigenvalue weighted by Crippen LogP contribution is -2.19. The van der Waals surface area contributed by atoms with Crippen molar-refractivity contribution in [1.82, 2.24) is 4.98 Å². The molecule has 10 heteroatoms. The van der Waals surface area contributed by atoms with Gasteiger partial charge in [-0.3, -0.25) is 4.79 Å². The fraction of sp³-hybridized carbons (Fsp3) is 0.0333. The Balaban J connectivity index is 1.27.